The molecule has 1 saturated heterocycles. The molecule has 7 heteroatoms. The molecule has 1 N–H and O–H groups in total. The van der Waals surface area contributed by atoms with E-state index >= 15 is 0 Å². The molecule has 29 heavy (non-hydrogen) atoms. The Morgan fingerprint density at radius 3 is 2.97 bits per heavy atom. The Balaban J connectivity index is 1.48. The van der Waals surface area contributed by atoms with Crippen LogP contribution in [-0.4, -0.2) is 42.2 Å². The Labute approximate surface area is 179 Å². The zero-order chi connectivity index (χ0) is 20.4. The molecular weight excluding hydrogens is 413 g/mol. The van der Waals surface area contributed by atoms with E-state index in [1.165, 1.54) is 6.07 Å². The molecule has 2 aliphatic rings. The quantitative estimate of drug-likeness (QED) is 0.712. The SMILES string of the molecule is O=C(O)[C@@H]1CCCN(CCOC2Cc3cc(Cl)ccc3Sc3cc(F)ccc32)C1. The summed E-state index contributed by atoms with van der Waals surface area (Å²) >= 11 is 7.74. The van der Waals surface area contributed by atoms with Gasteiger partial charge in [0.1, 0.15) is 5.82 Å². The highest BCUT2D eigenvalue weighted by Gasteiger charge is 2.27. The second-order valence-electron chi connectivity index (χ2n) is 7.58. The highest BCUT2D eigenvalue weighted by atomic mass is 35.5. The predicted octanol–water partition coefficient (Wildman–Crippen LogP) is 5.04. The van der Waals surface area contributed by atoms with Crippen molar-refractivity contribution in [3.63, 3.8) is 0 Å². The molecule has 0 radical (unpaired) electrons. The Hall–Kier alpha value is -1.60. The summed E-state index contributed by atoms with van der Waals surface area (Å²) in [5.41, 5.74) is 2.07. The van der Waals surface area contributed by atoms with Crippen LogP contribution >= 0.6 is 23.4 Å². The molecule has 2 atom stereocenters. The average molecular weight is 436 g/mol. The van der Waals surface area contributed by atoms with Crippen molar-refractivity contribution in [2.75, 3.05) is 26.2 Å². The van der Waals surface area contributed by atoms with Gasteiger partial charge < -0.3 is 14.7 Å². The fraction of sp³-hybridized carbons (Fsp3) is 0.409. The van der Waals surface area contributed by atoms with Gasteiger partial charge in [-0.2, -0.15) is 0 Å². The molecule has 1 unspecified atom stereocenters. The van der Waals surface area contributed by atoms with Crippen LogP contribution < -0.4 is 0 Å². The second-order valence-corrected chi connectivity index (χ2v) is 9.10. The molecule has 0 saturated carbocycles. The maximum Gasteiger partial charge on any atom is 0.307 e. The van der Waals surface area contributed by atoms with E-state index in [4.69, 9.17) is 16.3 Å². The zero-order valence-corrected chi connectivity index (χ0v) is 17.5. The minimum Gasteiger partial charge on any atom is -0.481 e. The number of carboxylic acids is 1. The largest absolute Gasteiger partial charge is 0.481 e. The number of benzene rings is 2. The Bertz CT molecular complexity index is 910. The van der Waals surface area contributed by atoms with Gasteiger partial charge in [0.25, 0.3) is 0 Å². The minimum atomic E-state index is -0.721. The number of halogens is 2. The van der Waals surface area contributed by atoms with Gasteiger partial charge in [0, 0.05) is 34.3 Å². The van der Waals surface area contributed by atoms with Gasteiger partial charge in [0.15, 0.2) is 0 Å². The lowest BCUT2D eigenvalue weighted by atomic mass is 9.98. The maximum atomic E-state index is 13.9. The number of piperidine rings is 1. The van der Waals surface area contributed by atoms with Gasteiger partial charge >= 0.3 is 5.97 Å². The number of nitrogens with zero attached hydrogens (tertiary/aromatic N) is 1. The number of fused-ring (bicyclic) bond motifs is 2. The molecule has 0 aromatic heterocycles. The lowest BCUT2D eigenvalue weighted by Crippen LogP contribution is -2.40. The van der Waals surface area contributed by atoms with E-state index in [1.807, 2.05) is 18.2 Å². The zero-order valence-electron chi connectivity index (χ0n) is 15.9. The first-order valence-electron chi connectivity index (χ1n) is 9.82. The van der Waals surface area contributed by atoms with E-state index in [0.29, 0.717) is 31.1 Å². The summed E-state index contributed by atoms with van der Waals surface area (Å²) in [5, 5.41) is 9.94. The molecule has 0 aliphatic carbocycles. The summed E-state index contributed by atoms with van der Waals surface area (Å²) in [6, 6.07) is 10.6. The van der Waals surface area contributed by atoms with Gasteiger partial charge in [-0.15, -0.1) is 0 Å². The number of aliphatic carboxylic acids is 1. The monoisotopic (exact) mass is 435 g/mol. The maximum absolute atomic E-state index is 13.9. The van der Waals surface area contributed by atoms with Crippen LogP contribution in [-0.2, 0) is 16.0 Å². The normalized spacial score (nSPS) is 21.9. The van der Waals surface area contributed by atoms with Crippen molar-refractivity contribution in [3.05, 3.63) is 58.4 Å². The standard InChI is InChI=1S/C22H23ClFNO3S/c23-16-3-6-20-15(10-16)11-19(18-5-4-17(24)12-21(18)29-20)28-9-8-25-7-1-2-14(13-25)22(26)27/h3-6,10,12,14,19H,1-2,7-9,11,13H2,(H,26,27)/t14-,19?/m1/s1. The van der Waals surface area contributed by atoms with Crippen LogP contribution in [0.1, 0.15) is 30.1 Å². The van der Waals surface area contributed by atoms with Crippen LogP contribution in [0.25, 0.3) is 0 Å². The van der Waals surface area contributed by atoms with Crippen molar-refractivity contribution in [1.82, 2.24) is 4.90 Å². The molecule has 2 aromatic rings. The Morgan fingerprint density at radius 2 is 2.14 bits per heavy atom. The third-order valence-corrected chi connectivity index (χ3v) is 6.98. The van der Waals surface area contributed by atoms with Crippen LogP contribution in [0.2, 0.25) is 5.02 Å². The molecule has 4 nitrogen and oxygen atoms in total. The van der Waals surface area contributed by atoms with Crippen molar-refractivity contribution in [2.45, 2.75) is 35.2 Å². The number of ether oxygens (including phenoxy) is 1. The Kier molecular flexibility index (Phi) is 6.44. The van der Waals surface area contributed by atoms with E-state index in [9.17, 15) is 14.3 Å². The van der Waals surface area contributed by atoms with Crippen LogP contribution in [0.15, 0.2) is 46.2 Å². The third-order valence-electron chi connectivity index (χ3n) is 5.55. The third kappa shape index (κ3) is 4.94. The molecule has 0 amide bonds. The lowest BCUT2D eigenvalue weighted by molar-refractivity contribution is -0.143. The highest BCUT2D eigenvalue weighted by Crippen LogP contribution is 2.43. The molecule has 2 aliphatic heterocycles. The first kappa shape index (κ1) is 20.7. The fourth-order valence-corrected chi connectivity index (χ4v) is 5.36. The first-order valence-corrected chi connectivity index (χ1v) is 11.0. The predicted molar refractivity (Wildman–Crippen MR) is 111 cm³/mol. The average Bonchev–Trinajstić information content (AvgIpc) is 2.84. The lowest BCUT2D eigenvalue weighted by Gasteiger charge is -2.31. The summed E-state index contributed by atoms with van der Waals surface area (Å²) in [6.45, 7) is 2.65. The number of hydrogen-bond acceptors (Lipinski definition) is 4. The molecule has 2 heterocycles. The molecule has 154 valence electrons. The van der Waals surface area contributed by atoms with E-state index in [-0.39, 0.29) is 17.8 Å². The van der Waals surface area contributed by atoms with Gasteiger partial charge in [0.05, 0.1) is 18.6 Å². The van der Waals surface area contributed by atoms with Crippen LogP contribution in [0.5, 0.6) is 0 Å². The minimum absolute atomic E-state index is 0.196. The molecule has 1 fully saturated rings. The summed E-state index contributed by atoms with van der Waals surface area (Å²) in [6.07, 6.45) is 2.10. The van der Waals surface area contributed by atoms with Crippen LogP contribution in [0, 0.1) is 11.7 Å². The number of likely N-dealkylation sites (tertiary alicyclic amines) is 1. The van der Waals surface area contributed by atoms with Crippen molar-refractivity contribution in [2.24, 2.45) is 5.92 Å². The highest BCUT2D eigenvalue weighted by molar-refractivity contribution is 7.99. The smallest absolute Gasteiger partial charge is 0.307 e. The van der Waals surface area contributed by atoms with E-state index < -0.39 is 5.97 Å². The molecule has 4 rings (SSSR count). The number of rotatable bonds is 5. The molecule has 0 bridgehead atoms. The number of hydrogen-bond donors (Lipinski definition) is 1. The van der Waals surface area contributed by atoms with Crippen LogP contribution in [0.4, 0.5) is 4.39 Å². The van der Waals surface area contributed by atoms with E-state index in [2.05, 4.69) is 4.90 Å². The first-order chi connectivity index (χ1) is 14.0. The van der Waals surface area contributed by atoms with Crippen molar-refractivity contribution in [1.29, 1.82) is 0 Å². The van der Waals surface area contributed by atoms with E-state index in [1.54, 1.807) is 23.9 Å². The summed E-state index contributed by atoms with van der Waals surface area (Å²) in [4.78, 5) is 15.3. The second kappa shape index (κ2) is 9.04. The Morgan fingerprint density at radius 1 is 1.28 bits per heavy atom. The van der Waals surface area contributed by atoms with Gasteiger partial charge in [-0.25, -0.2) is 4.39 Å². The summed E-state index contributed by atoms with van der Waals surface area (Å²) in [5.74, 6) is -1.28. The van der Waals surface area contributed by atoms with Crippen LogP contribution in [0.3, 0.4) is 0 Å². The van der Waals surface area contributed by atoms with Gasteiger partial charge in [-0.05, 0) is 60.8 Å². The topological polar surface area (TPSA) is 49.8 Å². The summed E-state index contributed by atoms with van der Waals surface area (Å²) in [7, 11) is 0. The fourth-order valence-electron chi connectivity index (χ4n) is 4.03. The van der Waals surface area contributed by atoms with Crippen molar-refractivity contribution in [3.8, 4) is 0 Å². The number of carbonyl (C=O) groups is 1. The van der Waals surface area contributed by atoms with E-state index in [0.717, 1.165) is 40.3 Å². The molecule has 2 aromatic carbocycles. The van der Waals surface area contributed by atoms with Crippen molar-refractivity contribution < 1.29 is 19.0 Å². The molecular formula is C22H23ClFNO3S. The van der Waals surface area contributed by atoms with Gasteiger partial charge in [-0.1, -0.05) is 29.4 Å². The number of carboxylic acid groups (broad SMARTS) is 1. The van der Waals surface area contributed by atoms with Gasteiger partial charge in [-0.3, -0.25) is 4.79 Å². The summed E-state index contributed by atoms with van der Waals surface area (Å²) < 4.78 is 20.1. The van der Waals surface area contributed by atoms with Gasteiger partial charge in [0.2, 0.25) is 0 Å². The van der Waals surface area contributed by atoms with Crippen molar-refractivity contribution >= 4 is 29.3 Å². The molecule has 0 spiro atoms.